The van der Waals surface area contributed by atoms with E-state index in [2.05, 4.69) is 27.4 Å². The Hall–Kier alpha value is -0.400. The molecule has 3 aliphatic rings. The Morgan fingerprint density at radius 2 is 2.15 bits per heavy atom. The first-order chi connectivity index (χ1) is 12.3. The van der Waals surface area contributed by atoms with Gasteiger partial charge in [0.25, 0.3) is 5.91 Å². The first-order valence-corrected chi connectivity index (χ1v) is 10.8. The second kappa shape index (κ2) is 10.4. The van der Waals surface area contributed by atoms with Crippen molar-refractivity contribution in [1.82, 2.24) is 20.5 Å². The van der Waals surface area contributed by atoms with Gasteiger partial charge >= 0.3 is 0 Å². The molecule has 1 aromatic rings. The Morgan fingerprint density at radius 3 is 2.96 bits per heavy atom. The van der Waals surface area contributed by atoms with E-state index in [-0.39, 0.29) is 30.7 Å². The molecule has 4 rings (SSSR count). The summed E-state index contributed by atoms with van der Waals surface area (Å²) in [6.07, 6.45) is 7.36. The van der Waals surface area contributed by atoms with Crippen molar-refractivity contribution in [3.63, 3.8) is 0 Å². The van der Waals surface area contributed by atoms with Gasteiger partial charge in [0.2, 0.25) is 0 Å². The highest BCUT2D eigenvalue weighted by atomic mass is 35.5. The molecule has 3 saturated heterocycles. The van der Waals surface area contributed by atoms with E-state index in [1.165, 1.54) is 38.8 Å². The van der Waals surface area contributed by atoms with Crippen LogP contribution < -0.4 is 10.6 Å². The van der Waals surface area contributed by atoms with Crippen LogP contribution in [0.3, 0.4) is 0 Å². The third-order valence-corrected chi connectivity index (χ3v) is 7.15. The number of carbonyl (C=O) groups excluding carboxylic acids is 1. The number of nitrogens with zero attached hydrogens (tertiary/aromatic N) is 2. The molecule has 1 aromatic heterocycles. The van der Waals surface area contributed by atoms with Gasteiger partial charge in [-0.2, -0.15) is 0 Å². The van der Waals surface area contributed by atoms with Crippen molar-refractivity contribution < 1.29 is 4.79 Å². The maximum atomic E-state index is 12.5. The minimum absolute atomic E-state index is 0. The van der Waals surface area contributed by atoms with Crippen LogP contribution in [0.2, 0.25) is 0 Å². The number of hydrogen-bond acceptors (Lipinski definition) is 5. The van der Waals surface area contributed by atoms with E-state index < -0.39 is 0 Å². The predicted octanol–water partition coefficient (Wildman–Crippen LogP) is 3.13. The van der Waals surface area contributed by atoms with E-state index in [1.807, 2.05) is 5.38 Å². The molecule has 0 saturated carbocycles. The van der Waals surface area contributed by atoms with E-state index in [0.29, 0.717) is 17.7 Å². The molecule has 3 fully saturated rings. The van der Waals surface area contributed by atoms with Gasteiger partial charge in [-0.25, -0.2) is 4.98 Å². The molecule has 27 heavy (non-hydrogen) atoms. The van der Waals surface area contributed by atoms with E-state index in [4.69, 9.17) is 0 Å². The third kappa shape index (κ3) is 4.96. The summed E-state index contributed by atoms with van der Waals surface area (Å²) >= 11 is 1.60. The van der Waals surface area contributed by atoms with Crippen LogP contribution in [0.4, 0.5) is 0 Å². The largest absolute Gasteiger partial charge is 0.349 e. The third-order valence-electron chi connectivity index (χ3n) is 6.25. The number of nitrogens with one attached hydrogen (secondary N) is 2. The van der Waals surface area contributed by atoms with Crippen LogP contribution in [-0.4, -0.2) is 54.1 Å². The Balaban J connectivity index is 0.00000131. The summed E-state index contributed by atoms with van der Waals surface area (Å²) < 4.78 is 0. The number of aromatic nitrogens is 1. The van der Waals surface area contributed by atoms with Crippen LogP contribution in [0.5, 0.6) is 0 Å². The maximum absolute atomic E-state index is 12.5. The highest BCUT2D eigenvalue weighted by molar-refractivity contribution is 7.09. The first kappa shape index (κ1) is 22.9. The van der Waals surface area contributed by atoms with E-state index in [1.54, 1.807) is 11.3 Å². The fraction of sp³-hybridized carbons (Fsp3) is 0.789. The first-order valence-electron chi connectivity index (χ1n) is 9.95. The van der Waals surface area contributed by atoms with Crippen LogP contribution in [-0.2, 0) is 6.42 Å². The minimum Gasteiger partial charge on any atom is -0.349 e. The normalized spacial score (nSPS) is 29.8. The van der Waals surface area contributed by atoms with E-state index in [0.717, 1.165) is 42.9 Å². The SMILES string of the molecule is CCCc1nc(C(=O)NC[C@H]2[C@@H]3CNC[C@@H](C3)[C@@H]3CCCCN32)cs1.Cl.Cl. The molecule has 4 atom stereocenters. The summed E-state index contributed by atoms with van der Waals surface area (Å²) in [6, 6.07) is 1.20. The van der Waals surface area contributed by atoms with Gasteiger partial charge in [0.15, 0.2) is 0 Å². The number of halogens is 2. The van der Waals surface area contributed by atoms with Crippen molar-refractivity contribution >= 4 is 42.1 Å². The Morgan fingerprint density at radius 1 is 1.33 bits per heavy atom. The van der Waals surface area contributed by atoms with Crippen molar-refractivity contribution in [3.05, 3.63) is 16.1 Å². The number of piperidine rings is 3. The Labute approximate surface area is 178 Å². The number of aryl methyl sites for hydroxylation is 1. The molecule has 2 bridgehead atoms. The molecule has 4 heterocycles. The average molecular weight is 435 g/mol. The molecule has 0 aliphatic carbocycles. The second-order valence-corrected chi connectivity index (χ2v) is 8.81. The topological polar surface area (TPSA) is 57.3 Å². The molecule has 8 heteroatoms. The number of amides is 1. The number of hydrogen-bond donors (Lipinski definition) is 2. The molecule has 0 spiro atoms. The van der Waals surface area contributed by atoms with Gasteiger partial charge < -0.3 is 10.6 Å². The van der Waals surface area contributed by atoms with Crippen molar-refractivity contribution in [2.45, 2.75) is 57.5 Å². The summed E-state index contributed by atoms with van der Waals surface area (Å²) in [4.78, 5) is 19.8. The number of rotatable bonds is 5. The number of fused-ring (bicyclic) bond motifs is 4. The highest BCUT2D eigenvalue weighted by Gasteiger charge is 2.45. The fourth-order valence-electron chi connectivity index (χ4n) is 5.08. The van der Waals surface area contributed by atoms with Gasteiger partial charge in [0.1, 0.15) is 5.69 Å². The maximum Gasteiger partial charge on any atom is 0.270 e. The lowest BCUT2D eigenvalue weighted by Crippen LogP contribution is -2.65. The zero-order valence-corrected chi connectivity index (χ0v) is 18.4. The molecule has 0 aromatic carbocycles. The fourth-order valence-corrected chi connectivity index (χ4v) is 5.96. The van der Waals surface area contributed by atoms with Gasteiger partial charge in [0.05, 0.1) is 5.01 Å². The Kier molecular flexibility index (Phi) is 8.81. The van der Waals surface area contributed by atoms with Crippen LogP contribution in [0, 0.1) is 11.8 Å². The lowest BCUT2D eigenvalue weighted by atomic mass is 9.73. The molecule has 2 N–H and O–H groups in total. The van der Waals surface area contributed by atoms with Crippen LogP contribution in [0.25, 0.3) is 0 Å². The molecule has 0 unspecified atom stereocenters. The lowest BCUT2D eigenvalue weighted by molar-refractivity contribution is -0.0371. The van der Waals surface area contributed by atoms with Crippen molar-refractivity contribution in [2.24, 2.45) is 11.8 Å². The summed E-state index contributed by atoms with van der Waals surface area (Å²) in [5.74, 6) is 1.47. The molecule has 5 nitrogen and oxygen atoms in total. The van der Waals surface area contributed by atoms with Gasteiger partial charge in [-0.15, -0.1) is 36.2 Å². The van der Waals surface area contributed by atoms with Gasteiger partial charge in [-0.3, -0.25) is 9.69 Å². The summed E-state index contributed by atoms with van der Waals surface area (Å²) in [5, 5.41) is 9.81. The molecule has 3 aliphatic heterocycles. The van der Waals surface area contributed by atoms with Crippen molar-refractivity contribution in [2.75, 3.05) is 26.2 Å². The van der Waals surface area contributed by atoms with Crippen LogP contribution >= 0.6 is 36.2 Å². The average Bonchev–Trinajstić information content (AvgIpc) is 3.11. The molecular formula is C19H32Cl2N4OS. The zero-order chi connectivity index (χ0) is 17.2. The summed E-state index contributed by atoms with van der Waals surface area (Å²) in [6.45, 7) is 6.38. The predicted molar refractivity (Wildman–Crippen MR) is 116 cm³/mol. The van der Waals surface area contributed by atoms with Crippen LogP contribution in [0.15, 0.2) is 5.38 Å². The van der Waals surface area contributed by atoms with E-state index in [9.17, 15) is 4.79 Å². The quantitative estimate of drug-likeness (QED) is 0.746. The smallest absolute Gasteiger partial charge is 0.270 e. The zero-order valence-electron chi connectivity index (χ0n) is 16.0. The monoisotopic (exact) mass is 434 g/mol. The van der Waals surface area contributed by atoms with E-state index >= 15 is 0 Å². The molecule has 1 amide bonds. The van der Waals surface area contributed by atoms with Crippen molar-refractivity contribution in [1.29, 1.82) is 0 Å². The van der Waals surface area contributed by atoms with Crippen molar-refractivity contribution in [3.8, 4) is 0 Å². The second-order valence-electron chi connectivity index (χ2n) is 7.87. The highest BCUT2D eigenvalue weighted by Crippen LogP contribution is 2.38. The number of thiazole rings is 1. The van der Waals surface area contributed by atoms with Gasteiger partial charge in [0, 0.05) is 24.0 Å². The molecule has 0 radical (unpaired) electrons. The number of carbonyl (C=O) groups is 1. The van der Waals surface area contributed by atoms with Gasteiger partial charge in [-0.1, -0.05) is 13.3 Å². The standard InChI is InChI=1S/C19H30N4OS.2ClH/c1-2-5-18-22-15(12-25-18)19(24)21-11-17-14-8-13(9-20-10-14)16-6-3-4-7-23(16)17;;/h12-14,16-17,20H,2-11H2,1H3,(H,21,24);2*1H/t13-,14+,16+,17+;;/m1../s1. The molecular weight excluding hydrogens is 403 g/mol. The minimum atomic E-state index is -0.00180. The lowest BCUT2D eigenvalue weighted by Gasteiger charge is -2.55. The summed E-state index contributed by atoms with van der Waals surface area (Å²) in [5.41, 5.74) is 0.596. The van der Waals surface area contributed by atoms with Crippen LogP contribution in [0.1, 0.15) is 54.5 Å². The Bertz CT molecular complexity index is 614. The molecule has 154 valence electrons. The van der Waals surface area contributed by atoms with Gasteiger partial charge in [-0.05, 0) is 63.6 Å². The summed E-state index contributed by atoms with van der Waals surface area (Å²) in [7, 11) is 0.